The highest BCUT2D eigenvalue weighted by molar-refractivity contribution is 5.36. The van der Waals surface area contributed by atoms with Crippen LogP contribution < -0.4 is 10.1 Å². The van der Waals surface area contributed by atoms with Gasteiger partial charge in [-0.05, 0) is 42.3 Å². The first-order valence-corrected chi connectivity index (χ1v) is 6.02. The quantitative estimate of drug-likeness (QED) is 0.626. The predicted molar refractivity (Wildman–Crippen MR) is 65.7 cm³/mol. The number of rotatable bonds is 5. The number of hydrogen-bond donors (Lipinski definition) is 1. The standard InChI is InChI=1S/C11H18N4O3/c1-7-13-10(15(16)17)11(14(7)3)18-9-4-8(5-9)6-12-2/h8-9,12H,4-6H2,1-3H3. The van der Waals surface area contributed by atoms with Crippen LogP contribution in [0.2, 0.25) is 0 Å². The van der Waals surface area contributed by atoms with Gasteiger partial charge in [-0.15, -0.1) is 0 Å². The topological polar surface area (TPSA) is 82.2 Å². The summed E-state index contributed by atoms with van der Waals surface area (Å²) < 4.78 is 7.33. The van der Waals surface area contributed by atoms with E-state index in [-0.39, 0.29) is 17.8 Å². The molecule has 1 heterocycles. The molecule has 1 aliphatic carbocycles. The molecule has 2 rings (SSSR count). The molecular weight excluding hydrogens is 236 g/mol. The fourth-order valence-electron chi connectivity index (χ4n) is 2.21. The first kappa shape index (κ1) is 12.8. The van der Waals surface area contributed by atoms with Gasteiger partial charge in [0.05, 0.1) is 0 Å². The molecule has 1 aromatic heterocycles. The molecule has 1 aromatic rings. The highest BCUT2D eigenvalue weighted by atomic mass is 16.6. The van der Waals surface area contributed by atoms with Crippen LogP contribution in [0.4, 0.5) is 5.82 Å². The molecule has 7 heteroatoms. The maximum absolute atomic E-state index is 10.9. The predicted octanol–water partition coefficient (Wildman–Crippen LogP) is 1.01. The number of aryl methyl sites for hydroxylation is 1. The van der Waals surface area contributed by atoms with E-state index in [1.54, 1.807) is 18.5 Å². The Labute approximate surface area is 105 Å². The zero-order chi connectivity index (χ0) is 13.3. The van der Waals surface area contributed by atoms with Crippen molar-refractivity contribution in [3.63, 3.8) is 0 Å². The molecule has 1 N–H and O–H groups in total. The van der Waals surface area contributed by atoms with E-state index in [1.165, 1.54) is 0 Å². The summed E-state index contributed by atoms with van der Waals surface area (Å²) in [6, 6.07) is 0. The van der Waals surface area contributed by atoms with Crippen molar-refractivity contribution in [1.29, 1.82) is 0 Å². The van der Waals surface area contributed by atoms with E-state index in [1.807, 2.05) is 7.05 Å². The molecule has 18 heavy (non-hydrogen) atoms. The van der Waals surface area contributed by atoms with Crippen LogP contribution in [-0.2, 0) is 7.05 Å². The Hall–Kier alpha value is -1.63. The molecule has 1 fully saturated rings. The summed E-state index contributed by atoms with van der Waals surface area (Å²) in [6.45, 7) is 2.69. The SMILES string of the molecule is CNCC1CC(Oc2c([N+](=O)[O-])nc(C)n2C)C1. The Morgan fingerprint density at radius 1 is 1.61 bits per heavy atom. The maximum Gasteiger partial charge on any atom is 0.426 e. The molecule has 1 saturated carbocycles. The molecule has 0 aromatic carbocycles. The second kappa shape index (κ2) is 4.93. The van der Waals surface area contributed by atoms with E-state index >= 15 is 0 Å². The van der Waals surface area contributed by atoms with Crippen molar-refractivity contribution in [2.45, 2.75) is 25.9 Å². The second-order valence-electron chi connectivity index (χ2n) is 4.74. The van der Waals surface area contributed by atoms with Crippen molar-refractivity contribution in [3.8, 4) is 5.88 Å². The highest BCUT2D eigenvalue weighted by Gasteiger charge is 2.34. The summed E-state index contributed by atoms with van der Waals surface area (Å²) >= 11 is 0. The third kappa shape index (κ3) is 2.31. The largest absolute Gasteiger partial charge is 0.469 e. The lowest BCUT2D eigenvalue weighted by molar-refractivity contribution is -0.390. The van der Waals surface area contributed by atoms with Gasteiger partial charge in [0.1, 0.15) is 6.10 Å². The molecule has 0 saturated heterocycles. The lowest BCUT2D eigenvalue weighted by Crippen LogP contribution is -2.39. The van der Waals surface area contributed by atoms with Gasteiger partial charge in [-0.3, -0.25) is 4.57 Å². The zero-order valence-corrected chi connectivity index (χ0v) is 10.8. The number of nitro groups is 1. The molecule has 0 atom stereocenters. The van der Waals surface area contributed by atoms with Crippen LogP contribution >= 0.6 is 0 Å². The summed E-state index contributed by atoms with van der Waals surface area (Å²) in [5.74, 6) is 1.27. The van der Waals surface area contributed by atoms with Gasteiger partial charge in [-0.1, -0.05) is 0 Å². The summed E-state index contributed by atoms with van der Waals surface area (Å²) in [4.78, 5) is 14.3. The van der Waals surface area contributed by atoms with Crippen molar-refractivity contribution >= 4 is 5.82 Å². The van der Waals surface area contributed by atoms with Crippen molar-refractivity contribution in [1.82, 2.24) is 14.9 Å². The molecule has 100 valence electrons. The molecule has 1 aliphatic rings. The average molecular weight is 254 g/mol. The zero-order valence-electron chi connectivity index (χ0n) is 10.8. The Kier molecular flexibility index (Phi) is 3.51. The smallest absolute Gasteiger partial charge is 0.426 e. The van der Waals surface area contributed by atoms with Gasteiger partial charge < -0.3 is 20.2 Å². The van der Waals surface area contributed by atoms with Crippen molar-refractivity contribution in [2.75, 3.05) is 13.6 Å². The summed E-state index contributed by atoms with van der Waals surface area (Å²) in [6.07, 6.45) is 1.93. The van der Waals surface area contributed by atoms with E-state index in [0.717, 1.165) is 19.4 Å². The normalized spacial score (nSPS) is 22.6. The number of aromatic nitrogens is 2. The number of nitrogens with one attached hydrogen (secondary N) is 1. The Balaban J connectivity index is 2.04. The van der Waals surface area contributed by atoms with Crippen LogP contribution in [0.3, 0.4) is 0 Å². The minimum atomic E-state index is -0.494. The Morgan fingerprint density at radius 3 is 2.83 bits per heavy atom. The average Bonchev–Trinajstić information content (AvgIpc) is 2.54. The van der Waals surface area contributed by atoms with E-state index in [9.17, 15) is 10.1 Å². The van der Waals surface area contributed by atoms with E-state index in [0.29, 0.717) is 11.7 Å². The van der Waals surface area contributed by atoms with Gasteiger partial charge in [-0.25, -0.2) is 0 Å². The highest BCUT2D eigenvalue weighted by Crippen LogP contribution is 2.34. The lowest BCUT2D eigenvalue weighted by Gasteiger charge is -2.34. The number of imidazole rings is 1. The summed E-state index contributed by atoms with van der Waals surface area (Å²) in [5, 5.41) is 14.0. The Bertz CT molecular complexity index is 451. The van der Waals surface area contributed by atoms with Gasteiger partial charge in [0, 0.05) is 14.0 Å². The van der Waals surface area contributed by atoms with Crippen LogP contribution in [0.15, 0.2) is 0 Å². The van der Waals surface area contributed by atoms with E-state index in [4.69, 9.17) is 4.74 Å². The minimum Gasteiger partial charge on any atom is -0.469 e. The number of hydrogen-bond acceptors (Lipinski definition) is 5. The van der Waals surface area contributed by atoms with Gasteiger partial charge >= 0.3 is 5.82 Å². The van der Waals surface area contributed by atoms with Gasteiger partial charge in [0.25, 0.3) is 5.88 Å². The first-order chi connectivity index (χ1) is 8.52. The maximum atomic E-state index is 10.9. The van der Waals surface area contributed by atoms with Crippen LogP contribution in [-0.4, -0.2) is 34.2 Å². The molecule has 0 spiro atoms. The monoisotopic (exact) mass is 254 g/mol. The van der Waals surface area contributed by atoms with Gasteiger partial charge in [-0.2, -0.15) is 0 Å². The summed E-state index contributed by atoms with van der Waals surface area (Å²) in [5.41, 5.74) is 0. The van der Waals surface area contributed by atoms with Crippen LogP contribution in [0.1, 0.15) is 18.7 Å². The third-order valence-electron chi connectivity index (χ3n) is 3.39. The van der Waals surface area contributed by atoms with Crippen molar-refractivity contribution < 1.29 is 9.66 Å². The van der Waals surface area contributed by atoms with Crippen LogP contribution in [0.25, 0.3) is 0 Å². The van der Waals surface area contributed by atoms with Gasteiger partial charge in [0.15, 0.2) is 0 Å². The molecule has 0 radical (unpaired) electrons. The van der Waals surface area contributed by atoms with E-state index in [2.05, 4.69) is 10.3 Å². The molecular formula is C11H18N4O3. The molecule has 0 bridgehead atoms. The van der Waals surface area contributed by atoms with Gasteiger partial charge in [0.2, 0.25) is 5.82 Å². The second-order valence-corrected chi connectivity index (χ2v) is 4.74. The van der Waals surface area contributed by atoms with Crippen LogP contribution in [0, 0.1) is 23.0 Å². The number of nitrogens with zero attached hydrogens (tertiary/aromatic N) is 3. The molecule has 0 aliphatic heterocycles. The third-order valence-corrected chi connectivity index (χ3v) is 3.39. The van der Waals surface area contributed by atoms with Crippen LogP contribution in [0.5, 0.6) is 5.88 Å². The fourth-order valence-corrected chi connectivity index (χ4v) is 2.21. The Morgan fingerprint density at radius 2 is 2.28 bits per heavy atom. The minimum absolute atomic E-state index is 0.0665. The lowest BCUT2D eigenvalue weighted by atomic mass is 9.82. The molecule has 7 nitrogen and oxygen atoms in total. The summed E-state index contributed by atoms with van der Waals surface area (Å²) in [7, 11) is 3.65. The molecule has 0 amide bonds. The fraction of sp³-hybridized carbons (Fsp3) is 0.727. The van der Waals surface area contributed by atoms with E-state index < -0.39 is 4.92 Å². The molecule has 0 unspecified atom stereocenters. The number of ether oxygens (including phenoxy) is 1. The van der Waals surface area contributed by atoms with Crippen molar-refractivity contribution in [2.24, 2.45) is 13.0 Å². The first-order valence-electron chi connectivity index (χ1n) is 6.02. The van der Waals surface area contributed by atoms with Crippen molar-refractivity contribution in [3.05, 3.63) is 15.9 Å².